The van der Waals surface area contributed by atoms with E-state index < -0.39 is 17.9 Å². The van der Waals surface area contributed by atoms with Gasteiger partial charge in [-0.3, -0.25) is 4.79 Å². The quantitative estimate of drug-likeness (QED) is 0.750. The van der Waals surface area contributed by atoms with Crippen molar-refractivity contribution in [3.63, 3.8) is 0 Å². The Morgan fingerprint density at radius 1 is 1.38 bits per heavy atom. The molecule has 0 bridgehead atoms. The Labute approximate surface area is 95.0 Å². The third-order valence-electron chi connectivity index (χ3n) is 1.87. The van der Waals surface area contributed by atoms with Gasteiger partial charge in [-0.2, -0.15) is 0 Å². The van der Waals surface area contributed by atoms with Gasteiger partial charge in [-0.15, -0.1) is 13.2 Å². The first kappa shape index (κ1) is 12.8. The van der Waals surface area contributed by atoms with E-state index in [1.807, 2.05) is 0 Å². The number of hydrogen-bond donors (Lipinski definition) is 0. The maximum Gasteiger partial charge on any atom is 0.573 e. The number of ketones is 1. The van der Waals surface area contributed by atoms with Gasteiger partial charge < -0.3 is 4.74 Å². The zero-order valence-electron chi connectivity index (χ0n) is 8.48. The first-order valence-electron chi connectivity index (χ1n) is 4.28. The molecule has 1 aromatic rings. The van der Waals surface area contributed by atoms with Gasteiger partial charge in [0.25, 0.3) is 0 Å². The maximum atomic E-state index is 12.1. The summed E-state index contributed by atoms with van der Waals surface area (Å²) >= 11 is 5.66. The average Bonchev–Trinajstić information content (AvgIpc) is 2.08. The molecule has 0 saturated heterocycles. The summed E-state index contributed by atoms with van der Waals surface area (Å²) in [6, 6.07) is 2.71. The van der Waals surface area contributed by atoms with Gasteiger partial charge in [0.1, 0.15) is 5.75 Å². The summed E-state index contributed by atoms with van der Waals surface area (Å²) in [5.74, 6) is -1.11. The van der Waals surface area contributed by atoms with Gasteiger partial charge in [0.2, 0.25) is 0 Å². The Bertz CT molecular complexity index is 427. The van der Waals surface area contributed by atoms with Crippen LogP contribution in [0.15, 0.2) is 12.1 Å². The number of rotatable bonds is 2. The number of benzene rings is 1. The fraction of sp³-hybridized carbons (Fsp3) is 0.300. The van der Waals surface area contributed by atoms with Crippen LogP contribution in [0.2, 0.25) is 5.02 Å². The molecule has 0 fully saturated rings. The third-order valence-corrected chi connectivity index (χ3v) is 2.19. The summed E-state index contributed by atoms with van der Waals surface area (Å²) in [5, 5.41) is -0.0580. The molecule has 0 unspecified atom stereocenters. The standard InChI is InChI=1S/C10H8ClF3O2/c1-5-3-4-7(11)8(6(2)15)9(5)16-10(12,13)14/h3-4H,1-2H3. The van der Waals surface area contributed by atoms with Crippen LogP contribution in [0.1, 0.15) is 22.8 Å². The maximum absolute atomic E-state index is 12.1. The molecule has 2 nitrogen and oxygen atoms in total. The minimum Gasteiger partial charge on any atom is -0.405 e. The number of alkyl halides is 3. The van der Waals surface area contributed by atoms with Gasteiger partial charge in [0.15, 0.2) is 5.78 Å². The van der Waals surface area contributed by atoms with E-state index in [2.05, 4.69) is 4.74 Å². The van der Waals surface area contributed by atoms with Crippen LogP contribution >= 0.6 is 11.6 Å². The number of Topliss-reactive ketones (excluding diaryl/α,β-unsaturated/α-hetero) is 1. The molecular weight excluding hydrogens is 245 g/mol. The van der Waals surface area contributed by atoms with Crippen LogP contribution in [0.4, 0.5) is 13.2 Å². The number of halogens is 4. The Morgan fingerprint density at radius 2 is 1.94 bits per heavy atom. The van der Waals surface area contributed by atoms with Gasteiger partial charge in [-0.05, 0) is 25.5 Å². The first-order valence-corrected chi connectivity index (χ1v) is 4.66. The molecule has 0 aromatic heterocycles. The van der Waals surface area contributed by atoms with Crippen LogP contribution in [-0.2, 0) is 0 Å². The van der Waals surface area contributed by atoms with Crippen molar-refractivity contribution in [3.8, 4) is 5.75 Å². The highest BCUT2D eigenvalue weighted by atomic mass is 35.5. The Balaban J connectivity index is 3.35. The highest BCUT2D eigenvalue weighted by Gasteiger charge is 2.34. The Morgan fingerprint density at radius 3 is 2.38 bits per heavy atom. The number of ether oxygens (including phenoxy) is 1. The van der Waals surface area contributed by atoms with Gasteiger partial charge in [-0.25, -0.2) is 0 Å². The van der Waals surface area contributed by atoms with Crippen LogP contribution < -0.4 is 4.74 Å². The van der Waals surface area contributed by atoms with Crippen LogP contribution in [-0.4, -0.2) is 12.1 Å². The van der Waals surface area contributed by atoms with E-state index in [-0.39, 0.29) is 16.1 Å². The Hall–Kier alpha value is -1.23. The molecule has 0 atom stereocenters. The summed E-state index contributed by atoms with van der Waals surface area (Å²) < 4.78 is 40.2. The second-order valence-electron chi connectivity index (χ2n) is 3.17. The third kappa shape index (κ3) is 2.88. The molecule has 88 valence electrons. The summed E-state index contributed by atoms with van der Waals surface area (Å²) in [6.07, 6.45) is -4.85. The molecule has 0 N–H and O–H groups in total. The highest BCUT2D eigenvalue weighted by molar-refractivity contribution is 6.34. The molecule has 0 amide bonds. The molecule has 0 saturated carbocycles. The van der Waals surface area contributed by atoms with E-state index in [9.17, 15) is 18.0 Å². The van der Waals surface area contributed by atoms with Crippen LogP contribution in [0, 0.1) is 6.92 Å². The zero-order valence-corrected chi connectivity index (χ0v) is 9.24. The van der Waals surface area contributed by atoms with E-state index in [1.165, 1.54) is 19.1 Å². The average molecular weight is 253 g/mol. The topological polar surface area (TPSA) is 26.3 Å². The number of carbonyl (C=O) groups is 1. The van der Waals surface area contributed by atoms with Crippen molar-refractivity contribution < 1.29 is 22.7 Å². The largest absolute Gasteiger partial charge is 0.573 e. The molecule has 0 aliphatic rings. The fourth-order valence-corrected chi connectivity index (χ4v) is 1.52. The number of aryl methyl sites for hydroxylation is 1. The van der Waals surface area contributed by atoms with Crippen molar-refractivity contribution in [1.82, 2.24) is 0 Å². The van der Waals surface area contributed by atoms with Gasteiger partial charge in [-0.1, -0.05) is 17.7 Å². The first-order chi connectivity index (χ1) is 7.22. The van der Waals surface area contributed by atoms with Crippen molar-refractivity contribution in [3.05, 3.63) is 28.3 Å². The molecule has 16 heavy (non-hydrogen) atoms. The minimum atomic E-state index is -4.85. The number of hydrogen-bond acceptors (Lipinski definition) is 2. The second-order valence-corrected chi connectivity index (χ2v) is 3.58. The van der Waals surface area contributed by atoms with E-state index in [0.29, 0.717) is 0 Å². The SMILES string of the molecule is CC(=O)c1c(Cl)ccc(C)c1OC(F)(F)F. The fourth-order valence-electron chi connectivity index (χ4n) is 1.24. The van der Waals surface area contributed by atoms with Crippen LogP contribution in [0.3, 0.4) is 0 Å². The second kappa shape index (κ2) is 4.33. The lowest BCUT2D eigenvalue weighted by atomic mass is 10.1. The van der Waals surface area contributed by atoms with Crippen molar-refractivity contribution in [2.45, 2.75) is 20.2 Å². The zero-order chi connectivity index (χ0) is 12.5. The molecule has 0 radical (unpaired) electrons. The van der Waals surface area contributed by atoms with E-state index in [1.54, 1.807) is 0 Å². The predicted molar refractivity (Wildman–Crippen MR) is 52.9 cm³/mol. The smallest absolute Gasteiger partial charge is 0.405 e. The normalized spacial score (nSPS) is 11.4. The summed E-state index contributed by atoms with van der Waals surface area (Å²) in [4.78, 5) is 11.2. The van der Waals surface area contributed by atoms with Crippen molar-refractivity contribution in [1.29, 1.82) is 0 Å². The summed E-state index contributed by atoms with van der Waals surface area (Å²) in [5.41, 5.74) is -0.0501. The summed E-state index contributed by atoms with van der Waals surface area (Å²) in [7, 11) is 0. The molecule has 0 aliphatic heterocycles. The lowest BCUT2D eigenvalue weighted by molar-refractivity contribution is -0.274. The minimum absolute atomic E-state index is 0.0580. The van der Waals surface area contributed by atoms with Crippen molar-refractivity contribution in [2.24, 2.45) is 0 Å². The highest BCUT2D eigenvalue weighted by Crippen LogP contribution is 2.34. The number of carbonyl (C=O) groups excluding carboxylic acids is 1. The molecule has 0 heterocycles. The Kier molecular flexibility index (Phi) is 3.48. The van der Waals surface area contributed by atoms with Crippen molar-refractivity contribution in [2.75, 3.05) is 0 Å². The van der Waals surface area contributed by atoms with Crippen molar-refractivity contribution >= 4 is 17.4 Å². The van der Waals surface area contributed by atoms with E-state index in [0.717, 1.165) is 6.92 Å². The summed E-state index contributed by atoms with van der Waals surface area (Å²) in [6.45, 7) is 2.54. The van der Waals surface area contributed by atoms with Gasteiger partial charge in [0.05, 0.1) is 10.6 Å². The van der Waals surface area contributed by atoms with E-state index in [4.69, 9.17) is 11.6 Å². The predicted octanol–water partition coefficient (Wildman–Crippen LogP) is 3.75. The van der Waals surface area contributed by atoms with E-state index >= 15 is 0 Å². The lowest BCUT2D eigenvalue weighted by Gasteiger charge is -2.15. The molecule has 6 heteroatoms. The lowest BCUT2D eigenvalue weighted by Crippen LogP contribution is -2.19. The molecule has 1 aromatic carbocycles. The van der Waals surface area contributed by atoms with Gasteiger partial charge in [0, 0.05) is 0 Å². The molecule has 0 aliphatic carbocycles. The van der Waals surface area contributed by atoms with Crippen LogP contribution in [0.5, 0.6) is 5.75 Å². The molecule has 0 spiro atoms. The monoisotopic (exact) mass is 252 g/mol. The van der Waals surface area contributed by atoms with Gasteiger partial charge >= 0.3 is 6.36 Å². The molecule has 1 rings (SSSR count). The van der Waals surface area contributed by atoms with Crippen LogP contribution in [0.25, 0.3) is 0 Å². The molecular formula is C10H8ClF3O2.